The van der Waals surface area contributed by atoms with E-state index in [1.165, 1.54) is 11.3 Å². The summed E-state index contributed by atoms with van der Waals surface area (Å²) in [6.45, 7) is 5.21. The Morgan fingerprint density at radius 1 is 1.23 bits per heavy atom. The highest BCUT2D eigenvalue weighted by molar-refractivity contribution is 9.10. The second-order valence-electron chi connectivity index (χ2n) is 6.97. The van der Waals surface area contributed by atoms with Gasteiger partial charge in [-0.3, -0.25) is 14.2 Å². The SMILES string of the molecule is Cc1nn(Cc2cccc(NC(=O)c3cc(Cn4cc(Cl)cn4)cs3)c2)c(C)c1Br. The number of hydrogen-bond donors (Lipinski definition) is 1. The summed E-state index contributed by atoms with van der Waals surface area (Å²) in [5, 5.41) is 14.3. The Bertz CT molecular complexity index is 1210. The zero-order valence-corrected chi connectivity index (χ0v) is 19.6. The summed E-state index contributed by atoms with van der Waals surface area (Å²) in [6.07, 6.45) is 3.35. The summed E-state index contributed by atoms with van der Waals surface area (Å²) < 4.78 is 4.72. The second-order valence-corrected chi connectivity index (χ2v) is 9.11. The quantitative estimate of drug-likeness (QED) is 0.376. The first-order valence-electron chi connectivity index (χ1n) is 9.24. The van der Waals surface area contributed by atoms with Crippen molar-refractivity contribution in [2.24, 2.45) is 0 Å². The first kappa shape index (κ1) is 20.8. The summed E-state index contributed by atoms with van der Waals surface area (Å²) in [6, 6.07) is 9.71. The molecule has 0 atom stereocenters. The zero-order chi connectivity index (χ0) is 21.3. The third-order valence-corrected chi connectivity index (χ3v) is 6.95. The number of hydrogen-bond acceptors (Lipinski definition) is 4. The van der Waals surface area contributed by atoms with Crippen LogP contribution in [0.4, 0.5) is 5.69 Å². The van der Waals surface area contributed by atoms with Crippen LogP contribution in [0.25, 0.3) is 0 Å². The maximum Gasteiger partial charge on any atom is 0.265 e. The van der Waals surface area contributed by atoms with Gasteiger partial charge in [0.2, 0.25) is 0 Å². The Hall–Kier alpha value is -2.42. The Kier molecular flexibility index (Phi) is 6.08. The molecular weight excluding hydrogens is 486 g/mol. The molecule has 3 heterocycles. The second kappa shape index (κ2) is 8.75. The predicted molar refractivity (Wildman–Crippen MR) is 124 cm³/mol. The molecule has 3 aromatic heterocycles. The summed E-state index contributed by atoms with van der Waals surface area (Å²) in [4.78, 5) is 13.3. The lowest BCUT2D eigenvalue weighted by Gasteiger charge is -2.08. The topological polar surface area (TPSA) is 64.7 Å². The van der Waals surface area contributed by atoms with E-state index in [0.717, 1.165) is 32.7 Å². The highest BCUT2D eigenvalue weighted by Crippen LogP contribution is 2.22. The molecule has 1 N–H and O–H groups in total. The van der Waals surface area contributed by atoms with Crippen LogP contribution in [0.2, 0.25) is 5.02 Å². The van der Waals surface area contributed by atoms with Gasteiger partial charge in [-0.15, -0.1) is 11.3 Å². The lowest BCUT2D eigenvalue weighted by Crippen LogP contribution is -2.11. The van der Waals surface area contributed by atoms with Crippen LogP contribution in [0.15, 0.2) is 52.6 Å². The lowest BCUT2D eigenvalue weighted by atomic mass is 10.2. The molecule has 6 nitrogen and oxygen atoms in total. The average Bonchev–Trinajstić information content (AvgIpc) is 3.40. The molecule has 0 unspecified atom stereocenters. The fourth-order valence-corrected chi connectivity index (χ4v) is 4.37. The van der Waals surface area contributed by atoms with Gasteiger partial charge in [0.15, 0.2) is 0 Å². The number of aromatic nitrogens is 4. The van der Waals surface area contributed by atoms with Crippen LogP contribution in [0.5, 0.6) is 0 Å². The van der Waals surface area contributed by atoms with Gasteiger partial charge in [0.1, 0.15) is 0 Å². The molecule has 9 heteroatoms. The molecule has 1 aromatic carbocycles. The van der Waals surface area contributed by atoms with E-state index in [1.807, 2.05) is 54.2 Å². The van der Waals surface area contributed by atoms with Crippen molar-refractivity contribution in [3.8, 4) is 0 Å². The van der Waals surface area contributed by atoms with Crippen LogP contribution in [0.3, 0.4) is 0 Å². The van der Waals surface area contributed by atoms with Crippen LogP contribution in [0.1, 0.15) is 32.2 Å². The van der Waals surface area contributed by atoms with Gasteiger partial charge < -0.3 is 5.32 Å². The van der Waals surface area contributed by atoms with Crippen LogP contribution in [0, 0.1) is 13.8 Å². The summed E-state index contributed by atoms with van der Waals surface area (Å²) in [5.41, 5.74) is 4.86. The molecule has 0 bridgehead atoms. The third-order valence-electron chi connectivity index (χ3n) is 4.63. The van der Waals surface area contributed by atoms with Gasteiger partial charge in [0.25, 0.3) is 5.91 Å². The number of thiophene rings is 1. The molecule has 0 saturated carbocycles. The minimum atomic E-state index is -0.129. The molecule has 4 aromatic rings. The van der Waals surface area contributed by atoms with Crippen molar-refractivity contribution in [2.75, 3.05) is 5.32 Å². The highest BCUT2D eigenvalue weighted by Gasteiger charge is 2.12. The lowest BCUT2D eigenvalue weighted by molar-refractivity contribution is 0.103. The maximum absolute atomic E-state index is 12.7. The molecule has 0 saturated heterocycles. The molecule has 0 fully saturated rings. The summed E-state index contributed by atoms with van der Waals surface area (Å²) in [7, 11) is 0. The molecule has 0 aliphatic rings. The minimum Gasteiger partial charge on any atom is -0.321 e. The van der Waals surface area contributed by atoms with E-state index in [0.29, 0.717) is 23.0 Å². The van der Waals surface area contributed by atoms with Gasteiger partial charge >= 0.3 is 0 Å². The van der Waals surface area contributed by atoms with Crippen molar-refractivity contribution in [1.29, 1.82) is 0 Å². The van der Waals surface area contributed by atoms with Gasteiger partial charge in [-0.1, -0.05) is 23.7 Å². The third kappa shape index (κ3) is 4.66. The van der Waals surface area contributed by atoms with Crippen LogP contribution in [-0.2, 0) is 13.1 Å². The Balaban J connectivity index is 1.43. The van der Waals surface area contributed by atoms with Crippen LogP contribution in [-0.4, -0.2) is 25.5 Å². The van der Waals surface area contributed by atoms with E-state index in [-0.39, 0.29) is 5.91 Å². The number of nitrogens with zero attached hydrogens (tertiary/aromatic N) is 4. The standard InChI is InChI=1S/C21H19BrClN5OS/c1-13-20(22)14(2)28(26-13)10-15-4-3-5-18(6-15)25-21(29)19-7-16(12-30-19)9-27-11-17(23)8-24-27/h3-8,11-12H,9-10H2,1-2H3,(H,25,29). The van der Waals surface area contributed by atoms with Gasteiger partial charge in [0, 0.05) is 11.9 Å². The monoisotopic (exact) mass is 503 g/mol. The number of halogens is 2. The number of carbonyl (C=O) groups is 1. The van der Waals surface area contributed by atoms with E-state index in [2.05, 4.69) is 31.4 Å². The summed E-state index contributed by atoms with van der Waals surface area (Å²) >= 11 is 10.9. The molecule has 0 aliphatic heterocycles. The largest absolute Gasteiger partial charge is 0.321 e. The number of rotatable bonds is 6. The molecule has 0 spiro atoms. The average molecular weight is 505 g/mol. The normalized spacial score (nSPS) is 11.1. The van der Waals surface area contributed by atoms with Crippen molar-refractivity contribution in [3.05, 3.63) is 85.0 Å². The molecule has 0 radical (unpaired) electrons. The van der Waals surface area contributed by atoms with Crippen molar-refractivity contribution >= 4 is 50.5 Å². The van der Waals surface area contributed by atoms with Gasteiger partial charge in [-0.05, 0) is 64.5 Å². The van der Waals surface area contributed by atoms with Crippen molar-refractivity contribution in [2.45, 2.75) is 26.9 Å². The van der Waals surface area contributed by atoms with E-state index < -0.39 is 0 Å². The zero-order valence-electron chi connectivity index (χ0n) is 16.4. The van der Waals surface area contributed by atoms with E-state index in [9.17, 15) is 4.79 Å². The van der Waals surface area contributed by atoms with Crippen LogP contribution < -0.4 is 5.32 Å². The van der Waals surface area contributed by atoms with Crippen molar-refractivity contribution in [3.63, 3.8) is 0 Å². The molecule has 4 rings (SSSR count). The van der Waals surface area contributed by atoms with Crippen molar-refractivity contribution < 1.29 is 4.79 Å². The highest BCUT2D eigenvalue weighted by atomic mass is 79.9. The molecular formula is C21H19BrClN5OS. The van der Waals surface area contributed by atoms with Gasteiger partial charge in [0.05, 0.1) is 45.0 Å². The number of benzene rings is 1. The molecule has 154 valence electrons. The fraction of sp³-hybridized carbons (Fsp3) is 0.190. The molecule has 0 aliphatic carbocycles. The van der Waals surface area contributed by atoms with Gasteiger partial charge in [-0.25, -0.2) is 0 Å². The number of amides is 1. The predicted octanol–water partition coefficient (Wildman–Crippen LogP) is 5.52. The van der Waals surface area contributed by atoms with E-state index in [1.54, 1.807) is 17.1 Å². The smallest absolute Gasteiger partial charge is 0.265 e. The maximum atomic E-state index is 12.7. The summed E-state index contributed by atoms with van der Waals surface area (Å²) in [5.74, 6) is -0.129. The van der Waals surface area contributed by atoms with E-state index in [4.69, 9.17) is 11.6 Å². The van der Waals surface area contributed by atoms with Crippen LogP contribution >= 0.6 is 38.9 Å². The molecule has 30 heavy (non-hydrogen) atoms. The Morgan fingerprint density at radius 3 is 2.77 bits per heavy atom. The van der Waals surface area contributed by atoms with Crippen molar-refractivity contribution in [1.82, 2.24) is 19.6 Å². The van der Waals surface area contributed by atoms with E-state index >= 15 is 0 Å². The fourth-order valence-electron chi connectivity index (χ4n) is 3.13. The number of nitrogens with one attached hydrogen (secondary N) is 1. The number of aryl methyl sites for hydroxylation is 1. The Labute approximate surface area is 191 Å². The minimum absolute atomic E-state index is 0.129. The Morgan fingerprint density at radius 2 is 2.07 bits per heavy atom. The molecule has 1 amide bonds. The number of anilines is 1. The van der Waals surface area contributed by atoms with Gasteiger partial charge in [-0.2, -0.15) is 10.2 Å². The first-order chi connectivity index (χ1) is 14.4. The number of carbonyl (C=O) groups excluding carboxylic acids is 1. The first-order valence-corrected chi connectivity index (χ1v) is 11.3.